The Hall–Kier alpha value is -3.62. The van der Waals surface area contributed by atoms with Gasteiger partial charge in [0.25, 0.3) is 0 Å². The smallest absolute Gasteiger partial charge is 0.210 e. The predicted octanol–water partition coefficient (Wildman–Crippen LogP) is 12.9. The molecule has 2 aliphatic heterocycles. The van der Waals surface area contributed by atoms with Crippen LogP contribution in [0.2, 0.25) is 0 Å². The zero-order chi connectivity index (χ0) is 34.5. The monoisotopic (exact) mass is 669 g/mol. The quantitative estimate of drug-likeness (QED) is 0.152. The predicted molar refractivity (Wildman–Crippen MR) is 213 cm³/mol. The van der Waals surface area contributed by atoms with E-state index in [9.17, 15) is 0 Å². The normalized spacial score (nSPS) is 20.4. The molecule has 2 heterocycles. The number of benzene rings is 4. The first-order chi connectivity index (χ1) is 23.6. The Kier molecular flexibility index (Phi) is 9.16. The summed E-state index contributed by atoms with van der Waals surface area (Å²) in [5.74, 6) is 0.389. The molecule has 4 aromatic carbocycles. The van der Waals surface area contributed by atoms with Gasteiger partial charge in [0, 0.05) is 52.3 Å². The summed E-state index contributed by atoms with van der Waals surface area (Å²) >= 11 is 7.34. The van der Waals surface area contributed by atoms with Gasteiger partial charge in [-0.2, -0.15) is 4.58 Å². The molecule has 3 heteroatoms. The van der Waals surface area contributed by atoms with Crippen molar-refractivity contribution in [2.24, 2.45) is 5.92 Å². The zero-order valence-corrected chi connectivity index (χ0v) is 31.6. The standard InChI is InChI=1S/C46H54ClN2/c1-8-10-28-48-38-25-22-32-16-12-14-18-36(32)41(38)45(4,5)40(48)27-24-34-20-21-35(43(34)47)30-31(3)44-46(6,7)42-37-19-15-13-17-33(37)23-26-39(42)49(44)29-11-9-2/h12-19,22-27,31H,8-11,20-21,28-30H2,1-7H3/q+1/b34-24+,40-27+. The van der Waals surface area contributed by atoms with E-state index >= 15 is 0 Å². The van der Waals surface area contributed by atoms with Gasteiger partial charge >= 0.3 is 0 Å². The molecule has 0 bridgehead atoms. The van der Waals surface area contributed by atoms with Crippen molar-refractivity contribution in [2.75, 3.05) is 18.0 Å². The van der Waals surface area contributed by atoms with Gasteiger partial charge < -0.3 is 4.90 Å². The molecule has 0 aromatic heterocycles. The third kappa shape index (κ3) is 5.69. The van der Waals surface area contributed by atoms with Crippen LogP contribution >= 0.6 is 11.6 Å². The van der Waals surface area contributed by atoms with Crippen molar-refractivity contribution < 1.29 is 4.58 Å². The van der Waals surface area contributed by atoms with E-state index in [2.05, 4.69) is 143 Å². The lowest BCUT2D eigenvalue weighted by Gasteiger charge is -2.27. The fourth-order valence-electron chi connectivity index (χ4n) is 9.49. The van der Waals surface area contributed by atoms with E-state index < -0.39 is 0 Å². The number of hydrogen-bond acceptors (Lipinski definition) is 1. The number of unbranched alkanes of at least 4 members (excludes halogenated alkanes) is 2. The van der Waals surface area contributed by atoms with Crippen molar-refractivity contribution in [3.63, 3.8) is 0 Å². The zero-order valence-electron chi connectivity index (χ0n) is 30.8. The van der Waals surface area contributed by atoms with Crippen LogP contribution < -0.4 is 4.90 Å². The van der Waals surface area contributed by atoms with Crippen LogP contribution in [0.5, 0.6) is 0 Å². The molecule has 254 valence electrons. The Balaban J connectivity index is 1.21. The summed E-state index contributed by atoms with van der Waals surface area (Å²) in [7, 11) is 0. The van der Waals surface area contributed by atoms with E-state index in [-0.39, 0.29) is 10.8 Å². The molecule has 0 spiro atoms. The summed E-state index contributed by atoms with van der Waals surface area (Å²) < 4.78 is 2.68. The minimum absolute atomic E-state index is 0.0483. The molecule has 0 fully saturated rings. The summed E-state index contributed by atoms with van der Waals surface area (Å²) in [4.78, 5) is 2.59. The van der Waals surface area contributed by atoms with Crippen LogP contribution in [0.4, 0.5) is 11.4 Å². The molecule has 0 saturated heterocycles. The number of fused-ring (bicyclic) bond motifs is 6. The molecule has 1 unspecified atom stereocenters. The van der Waals surface area contributed by atoms with Gasteiger partial charge in [0.15, 0.2) is 5.71 Å². The third-order valence-electron chi connectivity index (χ3n) is 11.7. The molecular weight excluding hydrogens is 616 g/mol. The number of hydrogen-bond donors (Lipinski definition) is 0. The molecule has 1 atom stereocenters. The number of halogens is 1. The molecule has 0 amide bonds. The van der Waals surface area contributed by atoms with E-state index in [1.807, 2.05) is 0 Å². The van der Waals surface area contributed by atoms with Crippen molar-refractivity contribution >= 4 is 50.2 Å². The van der Waals surface area contributed by atoms with Gasteiger partial charge in [0.05, 0.1) is 5.41 Å². The van der Waals surface area contributed by atoms with Crippen LogP contribution in [0, 0.1) is 5.92 Å². The fraction of sp³-hybridized carbons (Fsp3) is 0.413. The van der Waals surface area contributed by atoms with Crippen molar-refractivity contribution in [1.82, 2.24) is 0 Å². The topological polar surface area (TPSA) is 6.25 Å². The molecular formula is C46H54ClN2+. The molecule has 49 heavy (non-hydrogen) atoms. The average Bonchev–Trinajstić information content (AvgIpc) is 3.64. The maximum Gasteiger partial charge on any atom is 0.210 e. The Morgan fingerprint density at radius 1 is 0.776 bits per heavy atom. The SMILES string of the molecule is CCCCN1/C(=C/C=C2\CCC(CC(C)C3=[N+](CCCC)c4ccc5ccccc5c4C3(C)C)=C2Cl)C(C)(C)c2c1ccc1ccccc21. The highest BCUT2D eigenvalue weighted by Crippen LogP contribution is 2.52. The lowest BCUT2D eigenvalue weighted by Crippen LogP contribution is -2.35. The van der Waals surface area contributed by atoms with Crippen LogP contribution in [-0.2, 0) is 10.8 Å². The summed E-state index contributed by atoms with van der Waals surface area (Å²) in [6, 6.07) is 27.1. The van der Waals surface area contributed by atoms with Gasteiger partial charge in [-0.15, -0.1) is 0 Å². The van der Waals surface area contributed by atoms with Gasteiger partial charge in [-0.05, 0) is 90.4 Å². The number of allylic oxidation sites excluding steroid dienone is 6. The molecule has 0 N–H and O–H groups in total. The first-order valence-corrected chi connectivity index (χ1v) is 19.2. The summed E-state index contributed by atoms with van der Waals surface area (Å²) in [5.41, 5.74) is 11.2. The van der Waals surface area contributed by atoms with Gasteiger partial charge in [-0.3, -0.25) is 0 Å². The van der Waals surface area contributed by atoms with E-state index in [0.29, 0.717) is 5.92 Å². The molecule has 4 aromatic rings. The Labute approximate surface area is 299 Å². The second-order valence-corrected chi connectivity index (χ2v) is 16.2. The first-order valence-electron chi connectivity index (χ1n) is 18.9. The highest BCUT2D eigenvalue weighted by Gasteiger charge is 2.49. The van der Waals surface area contributed by atoms with Crippen LogP contribution in [-0.4, -0.2) is 23.4 Å². The number of rotatable bonds is 10. The maximum atomic E-state index is 7.34. The molecule has 0 saturated carbocycles. The van der Waals surface area contributed by atoms with Gasteiger partial charge in [-0.1, -0.05) is 125 Å². The van der Waals surface area contributed by atoms with E-state index in [1.54, 1.807) is 5.71 Å². The van der Waals surface area contributed by atoms with Crippen molar-refractivity contribution in [2.45, 2.75) is 104 Å². The van der Waals surface area contributed by atoms with Crippen molar-refractivity contribution in [3.8, 4) is 0 Å². The van der Waals surface area contributed by atoms with Crippen LogP contribution in [0.25, 0.3) is 21.5 Å². The van der Waals surface area contributed by atoms with Gasteiger partial charge in [0.2, 0.25) is 5.69 Å². The average molecular weight is 670 g/mol. The summed E-state index contributed by atoms with van der Waals surface area (Å²) in [6.45, 7) is 18.8. The largest absolute Gasteiger partial charge is 0.344 e. The van der Waals surface area contributed by atoms with E-state index in [1.165, 1.54) is 86.6 Å². The molecule has 1 aliphatic carbocycles. The molecule has 3 aliphatic rings. The van der Waals surface area contributed by atoms with E-state index in [0.717, 1.165) is 37.4 Å². The Morgan fingerprint density at radius 3 is 2.12 bits per heavy atom. The molecule has 7 rings (SSSR count). The van der Waals surface area contributed by atoms with Crippen LogP contribution in [0.15, 0.2) is 107 Å². The number of anilines is 1. The Morgan fingerprint density at radius 2 is 1.43 bits per heavy atom. The highest BCUT2D eigenvalue weighted by molar-refractivity contribution is 6.32. The van der Waals surface area contributed by atoms with E-state index in [4.69, 9.17) is 11.6 Å². The molecule has 2 nitrogen and oxygen atoms in total. The second kappa shape index (κ2) is 13.3. The van der Waals surface area contributed by atoms with Gasteiger partial charge in [-0.25, -0.2) is 0 Å². The maximum absolute atomic E-state index is 7.34. The number of nitrogens with zero attached hydrogens (tertiary/aromatic N) is 2. The fourth-order valence-corrected chi connectivity index (χ4v) is 9.82. The minimum Gasteiger partial charge on any atom is -0.344 e. The van der Waals surface area contributed by atoms with Gasteiger partial charge in [0.1, 0.15) is 6.54 Å². The van der Waals surface area contributed by atoms with Crippen LogP contribution in [0.3, 0.4) is 0 Å². The lowest BCUT2D eigenvalue weighted by atomic mass is 9.74. The summed E-state index contributed by atoms with van der Waals surface area (Å²) in [5, 5.41) is 6.41. The van der Waals surface area contributed by atoms with Crippen molar-refractivity contribution in [3.05, 3.63) is 118 Å². The van der Waals surface area contributed by atoms with Crippen molar-refractivity contribution in [1.29, 1.82) is 0 Å². The first kappa shape index (κ1) is 33.9. The highest BCUT2D eigenvalue weighted by atomic mass is 35.5. The van der Waals surface area contributed by atoms with Crippen LogP contribution in [0.1, 0.15) is 105 Å². The second-order valence-electron chi connectivity index (χ2n) is 15.8. The Bertz CT molecular complexity index is 2050. The minimum atomic E-state index is -0.0983. The lowest BCUT2D eigenvalue weighted by molar-refractivity contribution is -0.441. The molecule has 0 radical (unpaired) electrons. The third-order valence-corrected chi connectivity index (χ3v) is 12.2. The summed E-state index contributed by atoms with van der Waals surface area (Å²) in [6.07, 6.45) is 12.5.